The van der Waals surface area contributed by atoms with E-state index in [9.17, 15) is 4.79 Å². The van der Waals surface area contributed by atoms with Crippen molar-refractivity contribution < 1.29 is 4.79 Å². The van der Waals surface area contributed by atoms with Gasteiger partial charge in [0.15, 0.2) is 5.65 Å². The SMILES string of the molecule is CCN(C)C(=O)c1cc(-c2ccccc2)nc2c1cnn2Cc1ccccc1. The van der Waals surface area contributed by atoms with E-state index < -0.39 is 0 Å². The molecule has 0 fully saturated rings. The zero-order valence-electron chi connectivity index (χ0n) is 16.0. The molecule has 140 valence electrons. The third kappa shape index (κ3) is 3.39. The summed E-state index contributed by atoms with van der Waals surface area (Å²) >= 11 is 0. The van der Waals surface area contributed by atoms with Crippen molar-refractivity contribution in [3.8, 4) is 11.3 Å². The molecule has 0 atom stereocenters. The Kier molecular flexibility index (Phi) is 4.89. The molecule has 0 radical (unpaired) electrons. The second kappa shape index (κ2) is 7.64. The third-order valence-electron chi connectivity index (χ3n) is 4.91. The van der Waals surface area contributed by atoms with Gasteiger partial charge in [-0.05, 0) is 18.6 Å². The molecule has 4 rings (SSSR count). The molecule has 0 aliphatic rings. The number of carbonyl (C=O) groups excluding carboxylic acids is 1. The van der Waals surface area contributed by atoms with Crippen LogP contribution in [0.15, 0.2) is 72.9 Å². The summed E-state index contributed by atoms with van der Waals surface area (Å²) in [5.41, 5.74) is 4.24. The maximum Gasteiger partial charge on any atom is 0.254 e. The van der Waals surface area contributed by atoms with Crippen LogP contribution in [0.4, 0.5) is 0 Å². The third-order valence-corrected chi connectivity index (χ3v) is 4.91. The first-order valence-corrected chi connectivity index (χ1v) is 9.38. The number of amides is 1. The minimum atomic E-state index is -0.0219. The smallest absolute Gasteiger partial charge is 0.254 e. The van der Waals surface area contributed by atoms with Gasteiger partial charge < -0.3 is 4.90 Å². The van der Waals surface area contributed by atoms with Gasteiger partial charge in [0.1, 0.15) is 0 Å². The van der Waals surface area contributed by atoms with Crippen molar-refractivity contribution in [2.24, 2.45) is 0 Å². The molecule has 5 nitrogen and oxygen atoms in total. The maximum absolute atomic E-state index is 13.0. The van der Waals surface area contributed by atoms with Crippen LogP contribution in [0.5, 0.6) is 0 Å². The Morgan fingerprint density at radius 2 is 1.71 bits per heavy atom. The van der Waals surface area contributed by atoms with Crippen molar-refractivity contribution in [2.45, 2.75) is 13.5 Å². The maximum atomic E-state index is 13.0. The Morgan fingerprint density at radius 3 is 2.39 bits per heavy atom. The van der Waals surface area contributed by atoms with E-state index in [1.54, 1.807) is 11.1 Å². The molecule has 4 aromatic rings. The van der Waals surface area contributed by atoms with Gasteiger partial charge in [-0.2, -0.15) is 5.10 Å². The number of rotatable bonds is 5. The first-order chi connectivity index (χ1) is 13.7. The van der Waals surface area contributed by atoms with E-state index in [-0.39, 0.29) is 5.91 Å². The zero-order chi connectivity index (χ0) is 19.5. The predicted molar refractivity (Wildman–Crippen MR) is 111 cm³/mol. The highest BCUT2D eigenvalue weighted by molar-refractivity contribution is 6.06. The van der Waals surface area contributed by atoms with Gasteiger partial charge in [-0.1, -0.05) is 60.7 Å². The Hall–Kier alpha value is -3.47. The quantitative estimate of drug-likeness (QED) is 0.528. The molecule has 0 N–H and O–H groups in total. The summed E-state index contributed by atoms with van der Waals surface area (Å²) in [6.07, 6.45) is 1.75. The average Bonchev–Trinajstić information content (AvgIpc) is 3.16. The summed E-state index contributed by atoms with van der Waals surface area (Å²) in [4.78, 5) is 19.6. The van der Waals surface area contributed by atoms with Crippen LogP contribution in [0, 0.1) is 0 Å². The zero-order valence-corrected chi connectivity index (χ0v) is 16.0. The number of fused-ring (bicyclic) bond motifs is 1. The molecule has 28 heavy (non-hydrogen) atoms. The van der Waals surface area contributed by atoms with Gasteiger partial charge in [-0.25, -0.2) is 9.67 Å². The lowest BCUT2D eigenvalue weighted by atomic mass is 10.1. The molecule has 2 heterocycles. The molecule has 0 saturated heterocycles. The standard InChI is InChI=1S/C23H22N4O/c1-3-26(2)23(28)19-14-21(18-12-8-5-9-13-18)25-22-20(19)15-24-27(22)16-17-10-6-4-7-11-17/h4-15H,3,16H2,1-2H3. The van der Waals surface area contributed by atoms with Crippen LogP contribution < -0.4 is 0 Å². The van der Waals surface area contributed by atoms with E-state index in [1.807, 2.05) is 73.3 Å². The first-order valence-electron chi connectivity index (χ1n) is 9.38. The summed E-state index contributed by atoms with van der Waals surface area (Å²) in [5, 5.41) is 5.32. The fourth-order valence-electron chi connectivity index (χ4n) is 3.20. The molecule has 0 aliphatic heterocycles. The van der Waals surface area contributed by atoms with E-state index in [0.29, 0.717) is 18.7 Å². The molecule has 2 aromatic heterocycles. The topological polar surface area (TPSA) is 51.0 Å². The summed E-state index contributed by atoms with van der Waals surface area (Å²) < 4.78 is 1.86. The van der Waals surface area contributed by atoms with Crippen LogP contribution in [0.25, 0.3) is 22.3 Å². The predicted octanol–water partition coefficient (Wildman–Crippen LogP) is 4.24. The van der Waals surface area contributed by atoms with Crippen molar-refractivity contribution in [1.29, 1.82) is 0 Å². The molecule has 0 unspecified atom stereocenters. The van der Waals surface area contributed by atoms with Crippen LogP contribution in [-0.4, -0.2) is 39.2 Å². The van der Waals surface area contributed by atoms with Crippen molar-refractivity contribution in [1.82, 2.24) is 19.7 Å². The minimum Gasteiger partial charge on any atom is -0.342 e. The van der Waals surface area contributed by atoms with Gasteiger partial charge in [0.2, 0.25) is 0 Å². The monoisotopic (exact) mass is 370 g/mol. The highest BCUT2D eigenvalue weighted by Gasteiger charge is 2.19. The number of hydrogen-bond acceptors (Lipinski definition) is 3. The van der Waals surface area contributed by atoms with E-state index in [1.165, 1.54) is 0 Å². The molecule has 2 aromatic carbocycles. The summed E-state index contributed by atoms with van der Waals surface area (Å²) in [7, 11) is 1.81. The van der Waals surface area contributed by atoms with Crippen molar-refractivity contribution in [2.75, 3.05) is 13.6 Å². The molecular weight excluding hydrogens is 348 g/mol. The molecule has 1 amide bonds. The Morgan fingerprint density at radius 1 is 1.04 bits per heavy atom. The van der Waals surface area contributed by atoms with E-state index in [2.05, 4.69) is 17.2 Å². The number of nitrogens with zero attached hydrogens (tertiary/aromatic N) is 4. The molecule has 0 bridgehead atoms. The van der Waals surface area contributed by atoms with E-state index in [4.69, 9.17) is 4.98 Å². The lowest BCUT2D eigenvalue weighted by Gasteiger charge is -2.16. The van der Waals surface area contributed by atoms with Gasteiger partial charge in [0.25, 0.3) is 5.91 Å². The number of pyridine rings is 1. The minimum absolute atomic E-state index is 0.0219. The lowest BCUT2D eigenvalue weighted by Crippen LogP contribution is -2.26. The van der Waals surface area contributed by atoms with Crippen LogP contribution in [0.3, 0.4) is 0 Å². The van der Waals surface area contributed by atoms with Crippen LogP contribution in [0.1, 0.15) is 22.8 Å². The molecule has 0 aliphatic carbocycles. The second-order valence-electron chi connectivity index (χ2n) is 6.77. The molecule has 5 heteroatoms. The Bertz CT molecular complexity index is 1100. The number of benzene rings is 2. The van der Waals surface area contributed by atoms with Crippen molar-refractivity contribution >= 4 is 16.9 Å². The molecule has 0 saturated carbocycles. The summed E-state index contributed by atoms with van der Waals surface area (Å²) in [6, 6.07) is 21.9. The summed E-state index contributed by atoms with van der Waals surface area (Å²) in [6.45, 7) is 3.21. The Labute approximate surface area is 164 Å². The van der Waals surface area contributed by atoms with Crippen LogP contribution in [0.2, 0.25) is 0 Å². The van der Waals surface area contributed by atoms with Crippen LogP contribution in [-0.2, 0) is 6.54 Å². The van der Waals surface area contributed by atoms with E-state index >= 15 is 0 Å². The second-order valence-corrected chi connectivity index (χ2v) is 6.77. The average molecular weight is 370 g/mol. The number of carbonyl (C=O) groups is 1. The Balaban J connectivity index is 1.88. The van der Waals surface area contributed by atoms with E-state index in [0.717, 1.165) is 27.9 Å². The van der Waals surface area contributed by atoms with Crippen molar-refractivity contribution in [3.63, 3.8) is 0 Å². The van der Waals surface area contributed by atoms with Crippen LogP contribution >= 0.6 is 0 Å². The number of hydrogen-bond donors (Lipinski definition) is 0. The highest BCUT2D eigenvalue weighted by atomic mass is 16.2. The van der Waals surface area contributed by atoms with Crippen molar-refractivity contribution in [3.05, 3.63) is 84.1 Å². The van der Waals surface area contributed by atoms with Gasteiger partial charge in [0.05, 0.1) is 29.4 Å². The number of aromatic nitrogens is 3. The summed E-state index contributed by atoms with van der Waals surface area (Å²) in [5.74, 6) is -0.0219. The lowest BCUT2D eigenvalue weighted by molar-refractivity contribution is 0.0804. The first kappa shape index (κ1) is 17.9. The molecule has 0 spiro atoms. The van der Waals surface area contributed by atoms with Gasteiger partial charge in [-0.15, -0.1) is 0 Å². The van der Waals surface area contributed by atoms with Gasteiger partial charge in [-0.3, -0.25) is 4.79 Å². The van der Waals surface area contributed by atoms with Gasteiger partial charge >= 0.3 is 0 Å². The highest BCUT2D eigenvalue weighted by Crippen LogP contribution is 2.26. The van der Waals surface area contributed by atoms with Gasteiger partial charge in [0, 0.05) is 19.2 Å². The largest absolute Gasteiger partial charge is 0.342 e. The fraction of sp³-hybridized carbons (Fsp3) is 0.174. The fourth-order valence-corrected chi connectivity index (χ4v) is 3.20. The molecular formula is C23H22N4O. The normalized spacial score (nSPS) is 10.9.